The minimum Gasteiger partial charge on any atom is -0.342 e. The highest BCUT2D eigenvalue weighted by molar-refractivity contribution is 5.85. The van der Waals surface area contributed by atoms with E-state index in [9.17, 15) is 4.79 Å². The predicted molar refractivity (Wildman–Crippen MR) is 52.4 cm³/mol. The molecule has 2 heteroatoms. The van der Waals surface area contributed by atoms with Gasteiger partial charge in [0.05, 0.1) is 0 Å². The van der Waals surface area contributed by atoms with Gasteiger partial charge in [0.15, 0.2) is 0 Å². The van der Waals surface area contributed by atoms with Crippen LogP contribution in [0.25, 0.3) is 0 Å². The number of amides is 1. The van der Waals surface area contributed by atoms with Crippen LogP contribution in [0.15, 0.2) is 0 Å². The van der Waals surface area contributed by atoms with Crippen molar-refractivity contribution in [2.75, 3.05) is 13.1 Å². The SMILES string of the molecule is CCC1(C(=O)N2CCCCC2)CC1. The number of likely N-dealkylation sites (tertiary alicyclic amines) is 1. The van der Waals surface area contributed by atoms with Gasteiger partial charge in [0.25, 0.3) is 0 Å². The molecule has 1 aliphatic carbocycles. The summed E-state index contributed by atoms with van der Waals surface area (Å²) in [7, 11) is 0. The third-order valence-corrected chi connectivity index (χ3v) is 3.63. The molecule has 2 aliphatic rings. The number of nitrogens with zero attached hydrogens (tertiary/aromatic N) is 1. The molecule has 0 aromatic carbocycles. The van der Waals surface area contributed by atoms with Crippen molar-refractivity contribution in [2.45, 2.75) is 45.4 Å². The molecule has 2 nitrogen and oxygen atoms in total. The Labute approximate surface area is 80.3 Å². The summed E-state index contributed by atoms with van der Waals surface area (Å²) in [6.45, 7) is 4.18. The maximum atomic E-state index is 12.0. The molecule has 0 aromatic heterocycles. The zero-order valence-corrected chi connectivity index (χ0v) is 8.51. The molecular weight excluding hydrogens is 162 g/mol. The van der Waals surface area contributed by atoms with Crippen LogP contribution in [0.2, 0.25) is 0 Å². The molecule has 0 radical (unpaired) electrons. The third-order valence-electron chi connectivity index (χ3n) is 3.63. The van der Waals surface area contributed by atoms with Crippen molar-refractivity contribution in [2.24, 2.45) is 5.41 Å². The van der Waals surface area contributed by atoms with Gasteiger partial charge in [-0.15, -0.1) is 0 Å². The molecule has 0 unspecified atom stereocenters. The maximum absolute atomic E-state index is 12.0. The van der Waals surface area contributed by atoms with Crippen LogP contribution in [0, 0.1) is 5.41 Å². The number of piperidine rings is 1. The van der Waals surface area contributed by atoms with E-state index in [2.05, 4.69) is 11.8 Å². The second-order valence-corrected chi connectivity index (χ2v) is 4.49. The van der Waals surface area contributed by atoms with Gasteiger partial charge in [0.1, 0.15) is 0 Å². The van der Waals surface area contributed by atoms with Gasteiger partial charge in [-0.2, -0.15) is 0 Å². The van der Waals surface area contributed by atoms with E-state index in [0.717, 1.165) is 32.4 Å². The van der Waals surface area contributed by atoms with Crippen molar-refractivity contribution in [3.05, 3.63) is 0 Å². The fourth-order valence-corrected chi connectivity index (χ4v) is 2.30. The van der Waals surface area contributed by atoms with Gasteiger partial charge in [-0.05, 0) is 38.5 Å². The zero-order chi connectivity index (χ0) is 9.31. The topological polar surface area (TPSA) is 20.3 Å². The van der Waals surface area contributed by atoms with Gasteiger partial charge in [0, 0.05) is 18.5 Å². The van der Waals surface area contributed by atoms with E-state index in [1.54, 1.807) is 0 Å². The first-order chi connectivity index (χ1) is 6.28. The average Bonchev–Trinajstić information content (AvgIpc) is 2.99. The largest absolute Gasteiger partial charge is 0.342 e. The van der Waals surface area contributed by atoms with Gasteiger partial charge >= 0.3 is 0 Å². The molecule has 1 amide bonds. The number of carbonyl (C=O) groups excluding carboxylic acids is 1. The van der Waals surface area contributed by atoms with E-state index >= 15 is 0 Å². The Bertz CT molecular complexity index is 202. The molecule has 0 atom stereocenters. The molecule has 74 valence electrons. The van der Waals surface area contributed by atoms with Crippen LogP contribution in [0.4, 0.5) is 0 Å². The zero-order valence-electron chi connectivity index (χ0n) is 8.51. The lowest BCUT2D eigenvalue weighted by Crippen LogP contribution is -2.40. The maximum Gasteiger partial charge on any atom is 0.228 e. The Morgan fingerprint density at radius 1 is 1.23 bits per heavy atom. The Morgan fingerprint density at radius 3 is 2.31 bits per heavy atom. The Kier molecular flexibility index (Phi) is 2.31. The van der Waals surface area contributed by atoms with Gasteiger partial charge in [-0.25, -0.2) is 0 Å². The highest BCUT2D eigenvalue weighted by atomic mass is 16.2. The van der Waals surface area contributed by atoms with E-state index in [4.69, 9.17) is 0 Å². The molecule has 1 heterocycles. The highest BCUT2D eigenvalue weighted by Gasteiger charge is 2.49. The van der Waals surface area contributed by atoms with E-state index < -0.39 is 0 Å². The first kappa shape index (κ1) is 9.04. The van der Waals surface area contributed by atoms with Crippen molar-refractivity contribution in [3.63, 3.8) is 0 Å². The minimum absolute atomic E-state index is 0.0946. The van der Waals surface area contributed by atoms with Crippen molar-refractivity contribution in [1.82, 2.24) is 4.90 Å². The third kappa shape index (κ3) is 1.59. The van der Waals surface area contributed by atoms with Crippen molar-refractivity contribution >= 4 is 5.91 Å². The Hall–Kier alpha value is -0.530. The summed E-state index contributed by atoms with van der Waals surface area (Å²) < 4.78 is 0. The standard InChI is InChI=1S/C11H19NO/c1-2-11(6-7-11)10(13)12-8-4-3-5-9-12/h2-9H2,1H3. The first-order valence-corrected chi connectivity index (χ1v) is 5.58. The van der Waals surface area contributed by atoms with Crippen LogP contribution in [-0.4, -0.2) is 23.9 Å². The van der Waals surface area contributed by atoms with Crippen LogP contribution in [0.5, 0.6) is 0 Å². The lowest BCUT2D eigenvalue weighted by Gasteiger charge is -2.30. The van der Waals surface area contributed by atoms with Gasteiger partial charge in [-0.1, -0.05) is 6.92 Å². The smallest absolute Gasteiger partial charge is 0.228 e. The molecule has 2 fully saturated rings. The predicted octanol–water partition coefficient (Wildman–Crippen LogP) is 2.19. The highest BCUT2D eigenvalue weighted by Crippen LogP contribution is 2.50. The molecule has 0 aromatic rings. The number of rotatable bonds is 2. The fraction of sp³-hybridized carbons (Fsp3) is 0.909. The number of hydrogen-bond acceptors (Lipinski definition) is 1. The summed E-state index contributed by atoms with van der Waals surface area (Å²) in [5.41, 5.74) is 0.0946. The normalized spacial score (nSPS) is 25.8. The van der Waals surface area contributed by atoms with Crippen molar-refractivity contribution in [3.8, 4) is 0 Å². The summed E-state index contributed by atoms with van der Waals surface area (Å²) >= 11 is 0. The minimum atomic E-state index is 0.0946. The lowest BCUT2D eigenvalue weighted by atomic mass is 10.00. The second kappa shape index (κ2) is 3.32. The lowest BCUT2D eigenvalue weighted by molar-refractivity contribution is -0.138. The van der Waals surface area contributed by atoms with Gasteiger partial charge in [-0.3, -0.25) is 4.79 Å². The Morgan fingerprint density at radius 2 is 1.85 bits per heavy atom. The average molecular weight is 181 g/mol. The second-order valence-electron chi connectivity index (χ2n) is 4.49. The molecule has 13 heavy (non-hydrogen) atoms. The number of hydrogen-bond donors (Lipinski definition) is 0. The molecular formula is C11H19NO. The quantitative estimate of drug-likeness (QED) is 0.639. The summed E-state index contributed by atoms with van der Waals surface area (Å²) in [6.07, 6.45) is 7.06. The van der Waals surface area contributed by atoms with Crippen LogP contribution in [0.3, 0.4) is 0 Å². The van der Waals surface area contributed by atoms with Crippen LogP contribution < -0.4 is 0 Å². The summed E-state index contributed by atoms with van der Waals surface area (Å²) in [5.74, 6) is 0.453. The van der Waals surface area contributed by atoms with E-state index in [1.807, 2.05) is 0 Å². The summed E-state index contributed by atoms with van der Waals surface area (Å²) in [6, 6.07) is 0. The number of carbonyl (C=O) groups is 1. The molecule has 1 aliphatic heterocycles. The molecule has 0 N–H and O–H groups in total. The van der Waals surface area contributed by atoms with Crippen molar-refractivity contribution in [1.29, 1.82) is 0 Å². The van der Waals surface area contributed by atoms with Crippen molar-refractivity contribution < 1.29 is 4.79 Å². The molecule has 0 spiro atoms. The molecule has 0 bridgehead atoms. The van der Waals surface area contributed by atoms with Gasteiger partial charge < -0.3 is 4.90 Å². The fourth-order valence-electron chi connectivity index (χ4n) is 2.30. The van der Waals surface area contributed by atoms with Crippen LogP contribution >= 0.6 is 0 Å². The van der Waals surface area contributed by atoms with E-state index in [-0.39, 0.29) is 5.41 Å². The van der Waals surface area contributed by atoms with E-state index in [1.165, 1.54) is 19.3 Å². The first-order valence-electron chi connectivity index (χ1n) is 5.58. The Balaban J connectivity index is 1.95. The summed E-state index contributed by atoms with van der Waals surface area (Å²) in [5, 5.41) is 0. The molecule has 1 saturated heterocycles. The van der Waals surface area contributed by atoms with Crippen LogP contribution in [0.1, 0.15) is 45.4 Å². The molecule has 1 saturated carbocycles. The summed E-state index contributed by atoms with van der Waals surface area (Å²) in [4.78, 5) is 14.1. The van der Waals surface area contributed by atoms with E-state index in [0.29, 0.717) is 5.91 Å². The molecule has 2 rings (SSSR count). The monoisotopic (exact) mass is 181 g/mol. The van der Waals surface area contributed by atoms with Crippen LogP contribution in [-0.2, 0) is 4.79 Å². The van der Waals surface area contributed by atoms with Gasteiger partial charge in [0.2, 0.25) is 5.91 Å².